The highest BCUT2D eigenvalue weighted by Gasteiger charge is 2.14. The average Bonchev–Trinajstić information content (AvgIpc) is 2.63. The van der Waals surface area contributed by atoms with E-state index in [0.717, 1.165) is 6.42 Å². The molecule has 0 amide bonds. The minimum Gasteiger partial charge on any atom is -0.378 e. The summed E-state index contributed by atoms with van der Waals surface area (Å²) in [7, 11) is 0. The molecule has 0 heterocycles. The fourth-order valence-electron chi connectivity index (χ4n) is 3.18. The molecule has 0 radical (unpaired) electrons. The Morgan fingerprint density at radius 1 is 0.739 bits per heavy atom. The number of anilines is 1. The molecule has 3 aromatic rings. The van der Waals surface area contributed by atoms with Gasteiger partial charge in [-0.05, 0) is 29.2 Å². The van der Waals surface area contributed by atoms with Gasteiger partial charge in [0.05, 0.1) is 0 Å². The van der Waals surface area contributed by atoms with Gasteiger partial charge < -0.3 is 5.32 Å². The van der Waals surface area contributed by atoms with Crippen LogP contribution in [0.3, 0.4) is 0 Å². The highest BCUT2D eigenvalue weighted by molar-refractivity contribution is 5.78. The number of hydrogen-bond acceptors (Lipinski definition) is 1. The number of fused-ring (bicyclic) bond motifs is 1. The van der Waals surface area contributed by atoms with Crippen molar-refractivity contribution >= 4 is 11.8 Å². The van der Waals surface area contributed by atoms with Crippen molar-refractivity contribution in [3.8, 4) is 11.1 Å². The van der Waals surface area contributed by atoms with Gasteiger partial charge in [-0.2, -0.15) is 0 Å². The maximum absolute atomic E-state index is 3.70. The van der Waals surface area contributed by atoms with Crippen molar-refractivity contribution in [3.63, 3.8) is 0 Å². The summed E-state index contributed by atoms with van der Waals surface area (Å²) in [4.78, 5) is 0. The lowest BCUT2D eigenvalue weighted by molar-refractivity contribution is 0.855. The van der Waals surface area contributed by atoms with Crippen LogP contribution in [0.2, 0.25) is 0 Å². The zero-order valence-electron chi connectivity index (χ0n) is 12.9. The molecule has 4 rings (SSSR count). The molecule has 1 N–H and O–H groups in total. The molecule has 1 aliphatic carbocycles. The highest BCUT2D eigenvalue weighted by Crippen LogP contribution is 2.29. The summed E-state index contributed by atoms with van der Waals surface area (Å²) < 4.78 is 0. The Kier molecular flexibility index (Phi) is 3.69. The largest absolute Gasteiger partial charge is 0.378 e. The van der Waals surface area contributed by atoms with E-state index in [0.29, 0.717) is 6.04 Å². The Morgan fingerprint density at radius 3 is 2.39 bits per heavy atom. The van der Waals surface area contributed by atoms with Gasteiger partial charge in [-0.15, -0.1) is 0 Å². The lowest BCUT2D eigenvalue weighted by Gasteiger charge is -2.23. The van der Waals surface area contributed by atoms with Crippen LogP contribution in [0.25, 0.3) is 17.2 Å². The molecule has 1 aliphatic rings. The van der Waals surface area contributed by atoms with Crippen molar-refractivity contribution in [1.82, 2.24) is 0 Å². The molecule has 3 aromatic carbocycles. The third-order valence-corrected chi connectivity index (χ3v) is 4.36. The van der Waals surface area contributed by atoms with Gasteiger partial charge in [-0.3, -0.25) is 0 Å². The molecule has 0 saturated heterocycles. The van der Waals surface area contributed by atoms with Crippen LogP contribution < -0.4 is 5.32 Å². The number of benzene rings is 3. The van der Waals surface area contributed by atoms with Crippen molar-refractivity contribution in [2.45, 2.75) is 12.5 Å². The molecule has 0 spiro atoms. The average molecular weight is 297 g/mol. The van der Waals surface area contributed by atoms with Gasteiger partial charge in [0.2, 0.25) is 0 Å². The van der Waals surface area contributed by atoms with E-state index >= 15 is 0 Å². The fraction of sp³-hybridized carbons (Fsp3) is 0.0909. The summed E-state index contributed by atoms with van der Waals surface area (Å²) >= 11 is 0. The van der Waals surface area contributed by atoms with Crippen molar-refractivity contribution < 1.29 is 0 Å². The number of nitrogens with one attached hydrogen (secondary N) is 1. The van der Waals surface area contributed by atoms with Crippen molar-refractivity contribution in [2.24, 2.45) is 0 Å². The van der Waals surface area contributed by atoms with Gasteiger partial charge in [0.1, 0.15) is 0 Å². The minimum atomic E-state index is 0.328. The summed E-state index contributed by atoms with van der Waals surface area (Å²) in [6.45, 7) is 0. The Bertz CT molecular complexity index is 833. The second-order valence-corrected chi connectivity index (χ2v) is 5.92. The molecule has 1 nitrogen and oxygen atoms in total. The summed E-state index contributed by atoms with van der Waals surface area (Å²) in [5.74, 6) is 0. The van der Waals surface area contributed by atoms with Gasteiger partial charge in [0, 0.05) is 17.3 Å². The predicted octanol–water partition coefficient (Wildman–Crippen LogP) is 5.40. The van der Waals surface area contributed by atoms with E-state index < -0.39 is 0 Å². The lowest BCUT2D eigenvalue weighted by atomic mass is 9.93. The van der Waals surface area contributed by atoms with E-state index in [1.807, 2.05) is 0 Å². The molecule has 1 atom stereocenters. The van der Waals surface area contributed by atoms with E-state index in [1.54, 1.807) is 0 Å². The van der Waals surface area contributed by atoms with E-state index in [9.17, 15) is 0 Å². The van der Waals surface area contributed by atoms with Crippen molar-refractivity contribution in [3.05, 3.63) is 96.1 Å². The zero-order chi connectivity index (χ0) is 15.5. The fourth-order valence-corrected chi connectivity index (χ4v) is 3.18. The first-order valence-corrected chi connectivity index (χ1v) is 8.07. The number of rotatable bonds is 3. The van der Waals surface area contributed by atoms with Crippen LogP contribution in [0.4, 0.5) is 5.69 Å². The van der Waals surface area contributed by atoms with Crippen LogP contribution in [0.1, 0.15) is 11.1 Å². The Morgan fingerprint density at radius 2 is 1.48 bits per heavy atom. The van der Waals surface area contributed by atoms with Gasteiger partial charge in [0.25, 0.3) is 0 Å². The third-order valence-electron chi connectivity index (χ3n) is 4.36. The predicted molar refractivity (Wildman–Crippen MR) is 98.5 cm³/mol. The van der Waals surface area contributed by atoms with Crippen LogP contribution in [0, 0.1) is 0 Å². The summed E-state index contributed by atoms with van der Waals surface area (Å²) in [5.41, 5.74) is 6.43. The molecule has 112 valence electrons. The van der Waals surface area contributed by atoms with E-state index in [2.05, 4.69) is 96.3 Å². The third kappa shape index (κ3) is 2.91. The van der Waals surface area contributed by atoms with Gasteiger partial charge in [0.15, 0.2) is 0 Å². The first-order chi connectivity index (χ1) is 11.4. The molecule has 23 heavy (non-hydrogen) atoms. The topological polar surface area (TPSA) is 12.0 Å². The second-order valence-electron chi connectivity index (χ2n) is 5.92. The first-order valence-electron chi connectivity index (χ1n) is 8.07. The zero-order valence-corrected chi connectivity index (χ0v) is 12.9. The molecule has 0 fully saturated rings. The van der Waals surface area contributed by atoms with E-state index in [-0.39, 0.29) is 0 Å². The van der Waals surface area contributed by atoms with E-state index in [1.165, 1.54) is 27.9 Å². The molecular formula is C22H19N. The minimum absolute atomic E-state index is 0.328. The summed E-state index contributed by atoms with van der Waals surface area (Å²) in [5, 5.41) is 3.70. The SMILES string of the molecule is C1=CC(Nc2ccccc2-c2ccccc2)Cc2ccccc21. The maximum atomic E-state index is 3.70. The Balaban J connectivity index is 1.62. The molecule has 0 aliphatic heterocycles. The van der Waals surface area contributed by atoms with Crippen LogP contribution in [-0.4, -0.2) is 6.04 Å². The molecule has 0 bridgehead atoms. The second kappa shape index (κ2) is 6.13. The van der Waals surface area contributed by atoms with E-state index in [4.69, 9.17) is 0 Å². The smallest absolute Gasteiger partial charge is 0.0488 e. The van der Waals surface area contributed by atoms with Crippen molar-refractivity contribution in [2.75, 3.05) is 5.32 Å². The normalized spacial score (nSPS) is 15.9. The molecular weight excluding hydrogens is 278 g/mol. The monoisotopic (exact) mass is 297 g/mol. The van der Waals surface area contributed by atoms with Crippen LogP contribution >= 0.6 is 0 Å². The van der Waals surface area contributed by atoms with Gasteiger partial charge in [-0.25, -0.2) is 0 Å². The standard InChI is InChI=1S/C22H19N/c1-2-9-18(10-3-1)21-12-6-7-13-22(21)23-20-15-14-17-8-4-5-11-19(17)16-20/h1-15,20,23H,16H2. The van der Waals surface area contributed by atoms with Gasteiger partial charge >= 0.3 is 0 Å². The van der Waals surface area contributed by atoms with Crippen molar-refractivity contribution in [1.29, 1.82) is 0 Å². The molecule has 0 saturated carbocycles. The lowest BCUT2D eigenvalue weighted by Crippen LogP contribution is -2.22. The quantitative estimate of drug-likeness (QED) is 0.682. The maximum Gasteiger partial charge on any atom is 0.0488 e. The number of para-hydroxylation sites is 1. The highest BCUT2D eigenvalue weighted by atomic mass is 14.9. The Hall–Kier alpha value is -2.80. The molecule has 1 unspecified atom stereocenters. The van der Waals surface area contributed by atoms with Crippen LogP contribution in [-0.2, 0) is 6.42 Å². The first kappa shape index (κ1) is 13.8. The van der Waals surface area contributed by atoms with Crippen LogP contribution in [0.15, 0.2) is 84.9 Å². The van der Waals surface area contributed by atoms with Gasteiger partial charge in [-0.1, -0.05) is 84.9 Å². The summed E-state index contributed by atoms with van der Waals surface area (Å²) in [6.07, 6.45) is 5.52. The Labute approximate surface area is 137 Å². The summed E-state index contributed by atoms with van der Waals surface area (Å²) in [6, 6.07) is 28.0. The molecule has 1 heteroatoms. The molecule has 0 aromatic heterocycles. The van der Waals surface area contributed by atoms with Crippen LogP contribution in [0.5, 0.6) is 0 Å². The number of hydrogen-bond donors (Lipinski definition) is 1.